The van der Waals surface area contributed by atoms with E-state index in [2.05, 4.69) is 102 Å². The summed E-state index contributed by atoms with van der Waals surface area (Å²) in [5.41, 5.74) is 6.84. The van der Waals surface area contributed by atoms with Crippen LogP contribution in [0.5, 0.6) is 0 Å². The van der Waals surface area contributed by atoms with Crippen molar-refractivity contribution >= 4 is 82.5 Å². The lowest BCUT2D eigenvalue weighted by molar-refractivity contribution is 0.669. The minimum Gasteiger partial charge on any atom is -0.456 e. The first-order valence-electron chi connectivity index (χ1n) is 14.2. The SMILES string of the molecule is N#Cc1ccc(N(c2ccc3c(c2)oc2ccccc23)c2cc3oc4ccc5ccccc5c4c3c3ccccc23)cc1. The van der Waals surface area contributed by atoms with Gasteiger partial charge in [0.05, 0.1) is 17.3 Å². The third kappa shape index (κ3) is 3.49. The maximum absolute atomic E-state index is 9.50. The van der Waals surface area contributed by atoms with Crippen LogP contribution in [-0.2, 0) is 0 Å². The van der Waals surface area contributed by atoms with Crippen molar-refractivity contribution in [3.63, 3.8) is 0 Å². The summed E-state index contributed by atoms with van der Waals surface area (Å²) < 4.78 is 12.9. The highest BCUT2D eigenvalue weighted by atomic mass is 16.3. The Hall–Kier alpha value is -6.05. The quantitative estimate of drug-likeness (QED) is 0.220. The molecule has 0 aliphatic heterocycles. The number of hydrogen-bond donors (Lipinski definition) is 0. The van der Waals surface area contributed by atoms with E-state index in [0.29, 0.717) is 5.56 Å². The Labute approximate surface area is 246 Å². The molecule has 9 rings (SSSR count). The minimum absolute atomic E-state index is 0.612. The maximum atomic E-state index is 9.50. The lowest BCUT2D eigenvalue weighted by atomic mass is 9.98. The Balaban J connectivity index is 1.37. The van der Waals surface area contributed by atoms with Crippen LogP contribution in [0.4, 0.5) is 17.1 Å². The van der Waals surface area contributed by atoms with Gasteiger partial charge in [0.2, 0.25) is 0 Å². The van der Waals surface area contributed by atoms with Crippen LogP contribution in [0.15, 0.2) is 142 Å². The van der Waals surface area contributed by atoms with E-state index in [-0.39, 0.29) is 0 Å². The molecule has 9 aromatic rings. The molecule has 0 aliphatic carbocycles. The van der Waals surface area contributed by atoms with E-state index < -0.39 is 0 Å². The summed E-state index contributed by atoms with van der Waals surface area (Å²) in [5, 5.41) is 18.5. The fraction of sp³-hybridized carbons (Fsp3) is 0. The molecule has 7 aromatic carbocycles. The lowest BCUT2D eigenvalue weighted by Gasteiger charge is -2.27. The van der Waals surface area contributed by atoms with E-state index in [0.717, 1.165) is 71.7 Å². The Morgan fingerprint density at radius 2 is 1.12 bits per heavy atom. The molecule has 2 aromatic heterocycles. The molecule has 0 aliphatic rings. The second-order valence-electron chi connectivity index (χ2n) is 10.8. The number of furan rings is 2. The first-order chi connectivity index (χ1) is 21.3. The van der Waals surface area contributed by atoms with E-state index in [1.807, 2.05) is 42.5 Å². The smallest absolute Gasteiger partial charge is 0.138 e. The van der Waals surface area contributed by atoms with Crippen molar-refractivity contribution in [3.8, 4) is 6.07 Å². The van der Waals surface area contributed by atoms with Gasteiger partial charge in [0.15, 0.2) is 0 Å². The number of rotatable bonds is 3. The number of anilines is 3. The van der Waals surface area contributed by atoms with Crippen LogP contribution in [0.2, 0.25) is 0 Å². The summed E-state index contributed by atoms with van der Waals surface area (Å²) >= 11 is 0. The fourth-order valence-electron chi connectivity index (χ4n) is 6.53. The molecule has 0 radical (unpaired) electrons. The molecular formula is C39H22N2O2. The lowest BCUT2D eigenvalue weighted by Crippen LogP contribution is -2.10. The van der Waals surface area contributed by atoms with Crippen molar-refractivity contribution in [2.24, 2.45) is 0 Å². The molecule has 4 heteroatoms. The zero-order valence-electron chi connectivity index (χ0n) is 22.9. The number of fused-ring (bicyclic) bond motifs is 10. The number of nitrogens with zero attached hydrogens (tertiary/aromatic N) is 2. The summed E-state index contributed by atoms with van der Waals surface area (Å²) in [5.74, 6) is 0. The topological polar surface area (TPSA) is 53.3 Å². The van der Waals surface area contributed by atoms with Gasteiger partial charge in [-0.05, 0) is 64.7 Å². The van der Waals surface area contributed by atoms with Crippen molar-refractivity contribution < 1.29 is 8.83 Å². The molecule has 200 valence electrons. The molecule has 0 amide bonds. The summed E-state index contributed by atoms with van der Waals surface area (Å²) in [7, 11) is 0. The Morgan fingerprint density at radius 1 is 0.465 bits per heavy atom. The van der Waals surface area contributed by atoms with Crippen LogP contribution < -0.4 is 4.90 Å². The monoisotopic (exact) mass is 550 g/mol. The van der Waals surface area contributed by atoms with Crippen molar-refractivity contribution in [1.82, 2.24) is 0 Å². The average Bonchev–Trinajstić information content (AvgIpc) is 3.63. The molecular weight excluding hydrogens is 528 g/mol. The van der Waals surface area contributed by atoms with Gasteiger partial charge in [0.1, 0.15) is 22.3 Å². The molecule has 0 spiro atoms. The van der Waals surface area contributed by atoms with Crippen LogP contribution in [0.1, 0.15) is 5.56 Å². The van der Waals surface area contributed by atoms with Gasteiger partial charge in [-0.2, -0.15) is 5.26 Å². The predicted octanol–water partition coefficient (Wildman–Crippen LogP) is 11.1. The Morgan fingerprint density at radius 3 is 1.95 bits per heavy atom. The van der Waals surface area contributed by atoms with Gasteiger partial charge in [-0.15, -0.1) is 0 Å². The van der Waals surface area contributed by atoms with Gasteiger partial charge in [-0.1, -0.05) is 72.8 Å². The van der Waals surface area contributed by atoms with E-state index in [1.165, 1.54) is 10.8 Å². The molecule has 0 unspecified atom stereocenters. The van der Waals surface area contributed by atoms with Crippen LogP contribution in [0.3, 0.4) is 0 Å². The normalized spacial score (nSPS) is 11.7. The van der Waals surface area contributed by atoms with Gasteiger partial charge in [-0.25, -0.2) is 0 Å². The number of benzene rings is 7. The molecule has 4 nitrogen and oxygen atoms in total. The van der Waals surface area contributed by atoms with Gasteiger partial charge in [0, 0.05) is 50.4 Å². The van der Waals surface area contributed by atoms with E-state index >= 15 is 0 Å². The highest BCUT2D eigenvalue weighted by molar-refractivity contribution is 6.28. The van der Waals surface area contributed by atoms with Crippen LogP contribution in [0.25, 0.3) is 65.4 Å². The highest BCUT2D eigenvalue weighted by Gasteiger charge is 2.22. The zero-order valence-corrected chi connectivity index (χ0v) is 22.9. The minimum atomic E-state index is 0.612. The van der Waals surface area contributed by atoms with Gasteiger partial charge in [0.25, 0.3) is 0 Å². The molecule has 43 heavy (non-hydrogen) atoms. The van der Waals surface area contributed by atoms with Crippen molar-refractivity contribution in [2.45, 2.75) is 0 Å². The standard InChI is InChI=1S/C39H22N2O2/c40-23-24-13-16-26(17-14-24)41(27-18-19-31-30-10-5-6-12-34(30)42-36(31)21-27)33-22-37-39(32-11-4-3-9-29(32)33)38-28-8-2-1-7-25(28)15-20-35(38)43-37/h1-22H. The van der Waals surface area contributed by atoms with Crippen molar-refractivity contribution in [2.75, 3.05) is 4.90 Å². The number of hydrogen-bond acceptors (Lipinski definition) is 4. The third-order valence-electron chi connectivity index (χ3n) is 8.46. The summed E-state index contributed by atoms with van der Waals surface area (Å²) in [4.78, 5) is 2.22. The summed E-state index contributed by atoms with van der Waals surface area (Å²) in [6.07, 6.45) is 0. The molecule has 0 bridgehead atoms. The highest BCUT2D eigenvalue weighted by Crippen LogP contribution is 2.46. The Bertz CT molecular complexity index is 2580. The van der Waals surface area contributed by atoms with E-state index in [1.54, 1.807) is 0 Å². The number of nitriles is 1. The zero-order chi connectivity index (χ0) is 28.5. The fourth-order valence-corrected chi connectivity index (χ4v) is 6.53. The van der Waals surface area contributed by atoms with Crippen LogP contribution in [0, 0.1) is 11.3 Å². The van der Waals surface area contributed by atoms with Crippen LogP contribution >= 0.6 is 0 Å². The largest absolute Gasteiger partial charge is 0.456 e. The second kappa shape index (κ2) is 8.97. The molecule has 0 fully saturated rings. The molecule has 2 heterocycles. The molecule has 0 saturated carbocycles. The van der Waals surface area contributed by atoms with Gasteiger partial charge < -0.3 is 13.7 Å². The van der Waals surface area contributed by atoms with E-state index in [4.69, 9.17) is 8.83 Å². The van der Waals surface area contributed by atoms with Crippen molar-refractivity contribution in [1.29, 1.82) is 5.26 Å². The second-order valence-corrected chi connectivity index (χ2v) is 10.8. The molecule has 0 atom stereocenters. The summed E-state index contributed by atoms with van der Waals surface area (Å²) in [6.45, 7) is 0. The third-order valence-corrected chi connectivity index (χ3v) is 8.46. The maximum Gasteiger partial charge on any atom is 0.138 e. The summed E-state index contributed by atoms with van der Waals surface area (Å²) in [6, 6.07) is 47.7. The Kier molecular flexibility index (Phi) is 4.93. The van der Waals surface area contributed by atoms with Gasteiger partial charge >= 0.3 is 0 Å². The van der Waals surface area contributed by atoms with Gasteiger partial charge in [-0.3, -0.25) is 0 Å². The average molecular weight is 551 g/mol. The first-order valence-corrected chi connectivity index (χ1v) is 14.2. The molecule has 0 saturated heterocycles. The predicted molar refractivity (Wildman–Crippen MR) is 175 cm³/mol. The molecule has 0 N–H and O–H groups in total. The van der Waals surface area contributed by atoms with Crippen molar-refractivity contribution in [3.05, 3.63) is 139 Å². The van der Waals surface area contributed by atoms with Crippen LogP contribution in [-0.4, -0.2) is 0 Å². The first kappa shape index (κ1) is 23.6. The number of para-hydroxylation sites is 1. The van der Waals surface area contributed by atoms with E-state index in [9.17, 15) is 5.26 Å².